The molecule has 1 aromatic rings. The number of carbonyl (C=O) groups is 1. The smallest absolute Gasteiger partial charge is 0.368 e. The van der Waals surface area contributed by atoms with Crippen molar-refractivity contribution in [3.05, 3.63) is 28.1 Å². The first-order valence-electron chi connectivity index (χ1n) is 5.92. The minimum atomic E-state index is -4.74. The lowest BCUT2D eigenvalue weighted by Crippen LogP contribution is -2.37. The van der Waals surface area contributed by atoms with Crippen molar-refractivity contribution in [1.29, 1.82) is 0 Å². The fraction of sp³-hybridized carbons (Fsp3) is 0.455. The lowest BCUT2D eigenvalue weighted by Gasteiger charge is -2.15. The average Bonchev–Trinajstić information content (AvgIpc) is 2.37. The second-order valence-electron chi connectivity index (χ2n) is 4.10. The van der Waals surface area contributed by atoms with E-state index in [1.54, 1.807) is 6.92 Å². The van der Waals surface area contributed by atoms with Crippen LogP contribution in [-0.2, 0) is 11.0 Å². The highest BCUT2D eigenvalue weighted by Gasteiger charge is 2.34. The molecule has 0 bridgehead atoms. The maximum Gasteiger partial charge on any atom is 0.433 e. The van der Waals surface area contributed by atoms with Crippen LogP contribution in [0.25, 0.3) is 0 Å². The van der Waals surface area contributed by atoms with Gasteiger partial charge >= 0.3 is 11.9 Å². The van der Waals surface area contributed by atoms with Gasteiger partial charge in [0.05, 0.1) is 4.92 Å². The third-order valence-corrected chi connectivity index (χ3v) is 2.49. The standard InChI is InChI=1S/C11H13F3N4O3/c1-3-15-10(19)6(2)17-7-4-9(11(12,13)14)16-5-8(7)18(20)21/h4-6H,3H2,1-2H3,(H,15,19)(H,16,17). The Kier molecular flexibility index (Phi) is 5.06. The summed E-state index contributed by atoms with van der Waals surface area (Å²) in [6.07, 6.45) is -4.23. The second-order valence-corrected chi connectivity index (χ2v) is 4.10. The zero-order valence-corrected chi connectivity index (χ0v) is 11.2. The van der Waals surface area contributed by atoms with Crippen molar-refractivity contribution in [2.75, 3.05) is 11.9 Å². The first kappa shape index (κ1) is 16.7. The number of amides is 1. The Morgan fingerprint density at radius 1 is 1.52 bits per heavy atom. The van der Waals surface area contributed by atoms with Crippen LogP contribution < -0.4 is 10.6 Å². The number of hydrogen-bond acceptors (Lipinski definition) is 5. The molecule has 21 heavy (non-hydrogen) atoms. The maximum absolute atomic E-state index is 12.6. The van der Waals surface area contributed by atoms with Gasteiger partial charge in [-0.25, -0.2) is 4.98 Å². The number of nitrogens with zero attached hydrogens (tertiary/aromatic N) is 2. The zero-order chi connectivity index (χ0) is 16.2. The molecule has 0 radical (unpaired) electrons. The Bertz CT molecular complexity index is 548. The Morgan fingerprint density at radius 2 is 2.14 bits per heavy atom. The van der Waals surface area contributed by atoms with E-state index in [9.17, 15) is 28.1 Å². The summed E-state index contributed by atoms with van der Waals surface area (Å²) >= 11 is 0. The minimum absolute atomic E-state index is 0.330. The summed E-state index contributed by atoms with van der Waals surface area (Å²) in [5, 5.41) is 15.6. The Hall–Kier alpha value is -2.39. The summed E-state index contributed by atoms with van der Waals surface area (Å²) in [6.45, 7) is 3.38. The molecular weight excluding hydrogens is 293 g/mol. The molecule has 10 heteroatoms. The summed E-state index contributed by atoms with van der Waals surface area (Å²) < 4.78 is 37.7. The number of nitrogens with one attached hydrogen (secondary N) is 2. The predicted molar refractivity (Wildman–Crippen MR) is 67.7 cm³/mol. The van der Waals surface area contributed by atoms with Gasteiger partial charge in [0.2, 0.25) is 5.91 Å². The van der Waals surface area contributed by atoms with Gasteiger partial charge < -0.3 is 10.6 Å². The molecule has 0 aromatic carbocycles. The van der Waals surface area contributed by atoms with Crippen LogP contribution in [0.15, 0.2) is 12.3 Å². The number of rotatable bonds is 5. The average molecular weight is 306 g/mol. The molecule has 1 unspecified atom stereocenters. The van der Waals surface area contributed by atoms with Crippen molar-refractivity contribution >= 4 is 17.3 Å². The Labute approximate surface area is 117 Å². The second kappa shape index (κ2) is 6.37. The summed E-state index contributed by atoms with van der Waals surface area (Å²) in [7, 11) is 0. The molecule has 0 aliphatic rings. The van der Waals surface area contributed by atoms with Crippen LogP contribution in [0.2, 0.25) is 0 Å². The Balaban J connectivity index is 3.12. The number of anilines is 1. The van der Waals surface area contributed by atoms with Crippen LogP contribution in [-0.4, -0.2) is 28.4 Å². The zero-order valence-electron chi connectivity index (χ0n) is 11.2. The molecule has 7 nitrogen and oxygen atoms in total. The van der Waals surface area contributed by atoms with Crippen LogP contribution in [0, 0.1) is 10.1 Å². The molecule has 0 spiro atoms. The third kappa shape index (κ3) is 4.29. The largest absolute Gasteiger partial charge is 0.433 e. The van der Waals surface area contributed by atoms with E-state index in [2.05, 4.69) is 15.6 Å². The number of aromatic nitrogens is 1. The van der Waals surface area contributed by atoms with E-state index in [0.29, 0.717) is 18.8 Å². The normalized spacial score (nSPS) is 12.6. The van der Waals surface area contributed by atoms with Gasteiger partial charge in [-0.05, 0) is 19.9 Å². The molecule has 0 fully saturated rings. The van der Waals surface area contributed by atoms with Crippen LogP contribution in [0.4, 0.5) is 24.5 Å². The topological polar surface area (TPSA) is 97.2 Å². The number of likely N-dealkylation sites (N-methyl/N-ethyl adjacent to an activating group) is 1. The number of nitro groups is 1. The van der Waals surface area contributed by atoms with Crippen LogP contribution >= 0.6 is 0 Å². The van der Waals surface area contributed by atoms with Crippen molar-refractivity contribution in [2.45, 2.75) is 26.1 Å². The van der Waals surface area contributed by atoms with Crippen LogP contribution in [0.5, 0.6) is 0 Å². The van der Waals surface area contributed by atoms with E-state index in [1.807, 2.05) is 0 Å². The number of halogens is 3. The number of hydrogen-bond donors (Lipinski definition) is 2. The number of alkyl halides is 3. The van der Waals surface area contributed by atoms with Crippen molar-refractivity contribution in [1.82, 2.24) is 10.3 Å². The first-order valence-corrected chi connectivity index (χ1v) is 5.92. The highest BCUT2D eigenvalue weighted by Crippen LogP contribution is 2.33. The first-order chi connectivity index (χ1) is 9.66. The molecule has 0 aliphatic heterocycles. The fourth-order valence-electron chi connectivity index (χ4n) is 1.49. The van der Waals surface area contributed by atoms with E-state index < -0.39 is 40.1 Å². The van der Waals surface area contributed by atoms with E-state index >= 15 is 0 Å². The molecule has 1 amide bonds. The quantitative estimate of drug-likeness (QED) is 0.640. The van der Waals surface area contributed by atoms with Gasteiger partial charge in [-0.2, -0.15) is 13.2 Å². The summed E-state index contributed by atoms with van der Waals surface area (Å²) in [4.78, 5) is 24.5. The van der Waals surface area contributed by atoms with Crippen LogP contribution in [0.1, 0.15) is 19.5 Å². The Morgan fingerprint density at radius 3 is 2.62 bits per heavy atom. The lowest BCUT2D eigenvalue weighted by atomic mass is 10.2. The molecule has 1 heterocycles. The van der Waals surface area contributed by atoms with Gasteiger partial charge in [0.25, 0.3) is 0 Å². The van der Waals surface area contributed by atoms with Crippen molar-refractivity contribution in [3.8, 4) is 0 Å². The molecule has 1 atom stereocenters. The maximum atomic E-state index is 12.6. The number of pyridine rings is 1. The summed E-state index contributed by atoms with van der Waals surface area (Å²) in [6, 6.07) is -0.430. The van der Waals surface area contributed by atoms with E-state index in [0.717, 1.165) is 0 Å². The van der Waals surface area contributed by atoms with E-state index in [4.69, 9.17) is 0 Å². The molecule has 0 aliphatic carbocycles. The number of carbonyl (C=O) groups excluding carboxylic acids is 1. The molecule has 0 saturated carbocycles. The van der Waals surface area contributed by atoms with Gasteiger partial charge in [0.15, 0.2) is 0 Å². The van der Waals surface area contributed by atoms with Crippen molar-refractivity contribution in [2.24, 2.45) is 0 Å². The highest BCUT2D eigenvalue weighted by atomic mass is 19.4. The van der Waals surface area contributed by atoms with Gasteiger partial charge in [0, 0.05) is 6.54 Å². The molecule has 1 aromatic heterocycles. The lowest BCUT2D eigenvalue weighted by molar-refractivity contribution is -0.384. The van der Waals surface area contributed by atoms with Gasteiger partial charge in [-0.3, -0.25) is 14.9 Å². The van der Waals surface area contributed by atoms with Crippen molar-refractivity contribution in [3.63, 3.8) is 0 Å². The molecule has 0 saturated heterocycles. The fourth-order valence-corrected chi connectivity index (χ4v) is 1.49. The third-order valence-electron chi connectivity index (χ3n) is 2.49. The monoisotopic (exact) mass is 306 g/mol. The summed E-state index contributed by atoms with van der Waals surface area (Å²) in [5.74, 6) is -0.489. The van der Waals surface area contributed by atoms with Crippen LogP contribution in [0.3, 0.4) is 0 Å². The van der Waals surface area contributed by atoms with Gasteiger partial charge in [-0.15, -0.1) is 0 Å². The highest BCUT2D eigenvalue weighted by molar-refractivity contribution is 5.85. The van der Waals surface area contributed by atoms with E-state index in [1.165, 1.54) is 6.92 Å². The van der Waals surface area contributed by atoms with Gasteiger partial charge in [-0.1, -0.05) is 0 Å². The molecule has 116 valence electrons. The molecule has 1 rings (SSSR count). The van der Waals surface area contributed by atoms with Gasteiger partial charge in [0.1, 0.15) is 23.6 Å². The van der Waals surface area contributed by atoms with E-state index in [-0.39, 0.29) is 0 Å². The molecular formula is C11H13F3N4O3. The van der Waals surface area contributed by atoms with Crippen molar-refractivity contribution < 1.29 is 22.9 Å². The molecule has 2 N–H and O–H groups in total. The SMILES string of the molecule is CCNC(=O)C(C)Nc1cc(C(F)(F)F)ncc1[N+](=O)[O-]. The summed E-state index contributed by atoms with van der Waals surface area (Å²) in [5.41, 5.74) is -2.33. The predicted octanol–water partition coefficient (Wildman–Crippen LogP) is 1.95. The minimum Gasteiger partial charge on any atom is -0.368 e.